The van der Waals surface area contributed by atoms with Crippen molar-refractivity contribution in [2.24, 2.45) is 0 Å². The Balaban J connectivity index is 2.09. The summed E-state index contributed by atoms with van der Waals surface area (Å²) in [5, 5.41) is 18.6. The number of carbonyl (C=O) groups excluding carboxylic acids is 2. The van der Waals surface area contributed by atoms with Gasteiger partial charge in [0.15, 0.2) is 5.78 Å². The van der Waals surface area contributed by atoms with E-state index in [4.69, 9.17) is 14.6 Å². The summed E-state index contributed by atoms with van der Waals surface area (Å²) in [5.41, 5.74) is 1.03. The van der Waals surface area contributed by atoms with E-state index in [2.05, 4.69) is 0 Å². The number of aliphatic hydroxyl groups excluding tert-OH is 2. The number of ketones is 1. The molecule has 2 aromatic carbocycles. The molecule has 6 nitrogen and oxygen atoms in total. The van der Waals surface area contributed by atoms with Gasteiger partial charge in [-0.15, -0.1) is 0 Å². The zero-order valence-corrected chi connectivity index (χ0v) is 14.5. The van der Waals surface area contributed by atoms with Gasteiger partial charge in [-0.2, -0.15) is 0 Å². The van der Waals surface area contributed by atoms with E-state index in [0.29, 0.717) is 23.1 Å². The van der Waals surface area contributed by atoms with Gasteiger partial charge in [-0.1, -0.05) is 30.3 Å². The van der Waals surface area contributed by atoms with Crippen molar-refractivity contribution >= 4 is 11.8 Å². The van der Waals surface area contributed by atoms with Crippen LogP contribution >= 0.6 is 0 Å². The zero-order chi connectivity index (χ0) is 19.1. The lowest BCUT2D eigenvalue weighted by atomic mass is 10.0. The molecule has 0 heterocycles. The van der Waals surface area contributed by atoms with Crippen molar-refractivity contribution in [3.8, 4) is 5.75 Å². The molecule has 0 amide bonds. The lowest BCUT2D eigenvalue weighted by molar-refractivity contribution is -0.173. The smallest absolute Gasteiger partial charge is 0.339 e. The topological polar surface area (TPSA) is 93.1 Å². The van der Waals surface area contributed by atoms with Crippen LogP contribution in [-0.4, -0.2) is 34.4 Å². The fourth-order valence-electron chi connectivity index (χ4n) is 2.05. The van der Waals surface area contributed by atoms with Crippen LogP contribution in [0.15, 0.2) is 66.4 Å². The van der Waals surface area contributed by atoms with Crippen molar-refractivity contribution in [1.29, 1.82) is 0 Å². The maximum atomic E-state index is 12.4. The van der Waals surface area contributed by atoms with Crippen LogP contribution < -0.4 is 4.74 Å². The van der Waals surface area contributed by atoms with Crippen molar-refractivity contribution in [1.82, 2.24) is 0 Å². The molecule has 2 N–H and O–H groups in total. The molecular weight excluding hydrogens is 336 g/mol. The molecule has 0 aliphatic heterocycles. The van der Waals surface area contributed by atoms with Gasteiger partial charge in [0.25, 0.3) is 6.29 Å². The molecule has 0 spiro atoms. The van der Waals surface area contributed by atoms with E-state index in [0.717, 1.165) is 0 Å². The molecule has 2 aromatic rings. The molecule has 0 aliphatic rings. The highest BCUT2D eigenvalue weighted by atomic mass is 16.7. The number of hydrogen-bond acceptors (Lipinski definition) is 6. The molecule has 0 saturated heterocycles. The van der Waals surface area contributed by atoms with E-state index in [1.165, 1.54) is 13.8 Å². The molecule has 0 aliphatic carbocycles. The van der Waals surface area contributed by atoms with Crippen LogP contribution in [0.25, 0.3) is 0 Å². The number of ether oxygens (including phenoxy) is 2. The minimum Gasteiger partial charge on any atom is -0.515 e. The molecule has 0 bridgehead atoms. The van der Waals surface area contributed by atoms with Gasteiger partial charge in [0, 0.05) is 11.1 Å². The fourth-order valence-corrected chi connectivity index (χ4v) is 2.05. The summed E-state index contributed by atoms with van der Waals surface area (Å²) in [7, 11) is 0. The second kappa shape index (κ2) is 8.82. The Kier molecular flexibility index (Phi) is 6.52. The first-order valence-corrected chi connectivity index (χ1v) is 7.99. The second-order valence-electron chi connectivity index (χ2n) is 5.66. The first kappa shape index (κ1) is 19.2. The van der Waals surface area contributed by atoms with Crippen LogP contribution in [0.2, 0.25) is 0 Å². The van der Waals surface area contributed by atoms with Crippen molar-refractivity contribution in [3.05, 3.63) is 77.6 Å². The highest BCUT2D eigenvalue weighted by molar-refractivity contribution is 6.08. The monoisotopic (exact) mass is 356 g/mol. The number of benzene rings is 2. The lowest BCUT2D eigenvalue weighted by Crippen LogP contribution is -2.34. The third-order valence-corrected chi connectivity index (χ3v) is 3.54. The Bertz CT molecular complexity index is 778. The Morgan fingerprint density at radius 3 is 2.12 bits per heavy atom. The Morgan fingerprint density at radius 2 is 1.58 bits per heavy atom. The zero-order valence-electron chi connectivity index (χ0n) is 14.5. The quantitative estimate of drug-likeness (QED) is 0.260. The minimum absolute atomic E-state index is 0.0249. The summed E-state index contributed by atoms with van der Waals surface area (Å²) in [6, 6.07) is 15.1. The Labute approximate surface area is 151 Å². The highest BCUT2D eigenvalue weighted by Crippen LogP contribution is 2.18. The third kappa shape index (κ3) is 4.94. The van der Waals surface area contributed by atoms with Gasteiger partial charge >= 0.3 is 5.97 Å². The average Bonchev–Trinajstić information content (AvgIpc) is 2.67. The molecule has 6 heteroatoms. The van der Waals surface area contributed by atoms with E-state index in [-0.39, 0.29) is 11.4 Å². The minimum atomic E-state index is -1.26. The van der Waals surface area contributed by atoms with Crippen molar-refractivity contribution in [2.75, 3.05) is 0 Å². The van der Waals surface area contributed by atoms with E-state index >= 15 is 0 Å². The molecule has 2 atom stereocenters. The van der Waals surface area contributed by atoms with Crippen molar-refractivity contribution < 1.29 is 29.3 Å². The van der Waals surface area contributed by atoms with Crippen LogP contribution in [0.1, 0.15) is 29.8 Å². The highest BCUT2D eigenvalue weighted by Gasteiger charge is 2.23. The van der Waals surface area contributed by atoms with Crippen LogP contribution in [-0.2, 0) is 9.53 Å². The maximum Gasteiger partial charge on any atom is 0.339 e. The number of rotatable bonds is 7. The molecule has 0 fully saturated rings. The van der Waals surface area contributed by atoms with Gasteiger partial charge < -0.3 is 19.7 Å². The van der Waals surface area contributed by atoms with E-state index in [1.807, 2.05) is 6.07 Å². The van der Waals surface area contributed by atoms with Crippen LogP contribution in [0.5, 0.6) is 5.75 Å². The van der Waals surface area contributed by atoms with Gasteiger partial charge in [-0.25, -0.2) is 4.79 Å². The predicted molar refractivity (Wildman–Crippen MR) is 94.9 cm³/mol. The van der Waals surface area contributed by atoms with Crippen LogP contribution in [0.4, 0.5) is 0 Å². The predicted octanol–water partition coefficient (Wildman–Crippen LogP) is 3.01. The van der Waals surface area contributed by atoms with E-state index < -0.39 is 18.4 Å². The second-order valence-corrected chi connectivity index (χ2v) is 5.66. The van der Waals surface area contributed by atoms with Crippen LogP contribution in [0.3, 0.4) is 0 Å². The molecular formula is C20H20O6. The lowest BCUT2D eigenvalue weighted by Gasteiger charge is -2.21. The largest absolute Gasteiger partial charge is 0.515 e. The number of carbonyl (C=O) groups is 2. The average molecular weight is 356 g/mol. The Hall–Kier alpha value is -3.12. The third-order valence-electron chi connectivity index (χ3n) is 3.54. The first-order chi connectivity index (χ1) is 12.4. The summed E-state index contributed by atoms with van der Waals surface area (Å²) in [6.45, 7) is 2.77. The summed E-state index contributed by atoms with van der Waals surface area (Å²) in [4.78, 5) is 24.1. The molecule has 2 rings (SSSR count). The Morgan fingerprint density at radius 1 is 1.00 bits per heavy atom. The fraction of sp³-hybridized carbons (Fsp3) is 0.200. The SMILES string of the molecule is C/C(=C\O)C(=O)OC(Oc1ccc(C(=O)c2ccccc2)cc1)C(C)O. The number of hydrogen-bond donors (Lipinski definition) is 2. The summed E-state index contributed by atoms with van der Waals surface area (Å²) >= 11 is 0. The summed E-state index contributed by atoms with van der Waals surface area (Å²) in [5.74, 6) is -0.618. The van der Waals surface area contributed by atoms with Gasteiger partial charge in [-0.3, -0.25) is 4.79 Å². The molecule has 26 heavy (non-hydrogen) atoms. The van der Waals surface area contributed by atoms with Gasteiger partial charge in [0.1, 0.15) is 11.9 Å². The molecule has 136 valence electrons. The molecule has 0 saturated carbocycles. The van der Waals surface area contributed by atoms with Crippen LogP contribution in [0, 0.1) is 0 Å². The maximum absolute atomic E-state index is 12.4. The normalized spacial score (nSPS) is 13.6. The number of aliphatic hydroxyl groups is 2. The standard InChI is InChI=1S/C20H20O6/c1-13(12-21)19(24)26-20(14(2)22)25-17-10-8-16(9-11-17)18(23)15-6-4-3-5-7-15/h3-12,14,20-22H,1-2H3/b13-12+. The number of esters is 1. The van der Waals surface area contributed by atoms with Gasteiger partial charge in [-0.05, 0) is 38.1 Å². The van der Waals surface area contributed by atoms with Gasteiger partial charge in [0.2, 0.25) is 0 Å². The molecule has 0 radical (unpaired) electrons. The van der Waals surface area contributed by atoms with Crippen molar-refractivity contribution in [2.45, 2.75) is 26.2 Å². The first-order valence-electron chi connectivity index (χ1n) is 7.99. The van der Waals surface area contributed by atoms with E-state index in [1.54, 1.807) is 48.5 Å². The molecule has 2 unspecified atom stereocenters. The molecule has 0 aromatic heterocycles. The van der Waals surface area contributed by atoms with Crippen molar-refractivity contribution in [3.63, 3.8) is 0 Å². The summed E-state index contributed by atoms with van der Waals surface area (Å²) in [6.07, 6.45) is -1.74. The summed E-state index contributed by atoms with van der Waals surface area (Å²) < 4.78 is 10.5. The van der Waals surface area contributed by atoms with E-state index in [9.17, 15) is 14.7 Å². The van der Waals surface area contributed by atoms with Gasteiger partial charge in [0.05, 0.1) is 11.8 Å².